The van der Waals surface area contributed by atoms with Crippen molar-refractivity contribution in [2.45, 2.75) is 72.6 Å². The van der Waals surface area contributed by atoms with Gasteiger partial charge in [-0.25, -0.2) is 0 Å². The van der Waals surface area contributed by atoms with Crippen LogP contribution in [0.4, 0.5) is 0 Å². The van der Waals surface area contributed by atoms with Gasteiger partial charge in [0, 0.05) is 5.92 Å². The number of benzene rings is 1. The molecule has 25 heavy (non-hydrogen) atoms. The van der Waals surface area contributed by atoms with Gasteiger partial charge in [-0.05, 0) is 79.7 Å². The SMILES string of the molecule is C=C(C)C1CC=C(c2c(C)ccc3c2C(C(CC)CC)C(C)=C3)CC1. The Morgan fingerprint density at radius 1 is 1.20 bits per heavy atom. The van der Waals surface area contributed by atoms with Crippen molar-refractivity contribution >= 4 is 11.6 Å². The minimum atomic E-state index is 0.611. The summed E-state index contributed by atoms with van der Waals surface area (Å²) in [7, 11) is 0. The van der Waals surface area contributed by atoms with E-state index in [1.807, 2.05) is 0 Å². The van der Waals surface area contributed by atoms with E-state index in [2.05, 4.69) is 65.5 Å². The molecule has 3 rings (SSSR count). The molecule has 1 aromatic rings. The smallest absolute Gasteiger partial charge is 0.00888 e. The van der Waals surface area contributed by atoms with Gasteiger partial charge in [0.05, 0.1) is 0 Å². The first-order chi connectivity index (χ1) is 12.0. The standard InChI is InChI=1S/C25H34/c1-7-19(8-2)24-18(6)15-22-10-9-17(5)23(25(22)24)21-13-11-20(12-14-21)16(3)4/h9-10,13,15,19-20,24H,3,7-8,11-12,14H2,1-2,4-6H3. The quantitative estimate of drug-likeness (QED) is 0.484. The second-order valence-electron chi connectivity index (χ2n) is 8.25. The van der Waals surface area contributed by atoms with Crippen molar-refractivity contribution < 1.29 is 0 Å². The number of hydrogen-bond donors (Lipinski definition) is 0. The first-order valence-corrected chi connectivity index (χ1v) is 10.1. The van der Waals surface area contributed by atoms with Crippen molar-refractivity contribution in [2.24, 2.45) is 11.8 Å². The lowest BCUT2D eigenvalue weighted by molar-refractivity contribution is 0.437. The second-order valence-corrected chi connectivity index (χ2v) is 8.25. The Labute approximate surface area is 154 Å². The lowest BCUT2D eigenvalue weighted by atomic mass is 9.75. The average molecular weight is 335 g/mol. The fraction of sp³-hybridized carbons (Fsp3) is 0.520. The first-order valence-electron chi connectivity index (χ1n) is 10.1. The van der Waals surface area contributed by atoms with E-state index in [1.54, 1.807) is 22.3 Å². The molecule has 2 aliphatic carbocycles. The summed E-state index contributed by atoms with van der Waals surface area (Å²) in [4.78, 5) is 0. The second kappa shape index (κ2) is 7.36. The molecule has 0 aromatic heterocycles. The van der Waals surface area contributed by atoms with Crippen LogP contribution in [0, 0.1) is 18.8 Å². The van der Waals surface area contributed by atoms with Crippen LogP contribution in [0.25, 0.3) is 11.6 Å². The highest BCUT2D eigenvalue weighted by Crippen LogP contribution is 2.48. The zero-order chi connectivity index (χ0) is 18.1. The van der Waals surface area contributed by atoms with Crippen LogP contribution in [0.5, 0.6) is 0 Å². The summed E-state index contributed by atoms with van der Waals surface area (Å²) in [5.41, 5.74) is 10.6. The van der Waals surface area contributed by atoms with Gasteiger partial charge in [0.15, 0.2) is 0 Å². The van der Waals surface area contributed by atoms with Gasteiger partial charge in [-0.2, -0.15) is 0 Å². The third kappa shape index (κ3) is 3.28. The maximum atomic E-state index is 4.18. The Bertz CT molecular complexity index is 725. The predicted molar refractivity (Wildman–Crippen MR) is 112 cm³/mol. The van der Waals surface area contributed by atoms with Crippen LogP contribution in [0.2, 0.25) is 0 Å². The van der Waals surface area contributed by atoms with E-state index in [-0.39, 0.29) is 0 Å². The van der Waals surface area contributed by atoms with Crippen molar-refractivity contribution in [3.8, 4) is 0 Å². The fourth-order valence-electron chi connectivity index (χ4n) is 5.07. The van der Waals surface area contributed by atoms with Gasteiger partial charge in [-0.1, -0.05) is 68.7 Å². The molecule has 1 aromatic carbocycles. The fourth-order valence-corrected chi connectivity index (χ4v) is 5.07. The first kappa shape index (κ1) is 18.2. The minimum absolute atomic E-state index is 0.611. The van der Waals surface area contributed by atoms with E-state index in [4.69, 9.17) is 0 Å². The van der Waals surface area contributed by atoms with E-state index in [0.717, 1.165) is 12.3 Å². The molecule has 0 aliphatic heterocycles. The molecule has 134 valence electrons. The lowest BCUT2D eigenvalue weighted by Gasteiger charge is -2.30. The van der Waals surface area contributed by atoms with Gasteiger partial charge in [-0.3, -0.25) is 0 Å². The average Bonchev–Trinajstić information content (AvgIpc) is 2.93. The molecule has 0 radical (unpaired) electrons. The molecule has 2 atom stereocenters. The Kier molecular flexibility index (Phi) is 5.37. The monoisotopic (exact) mass is 334 g/mol. The molecule has 0 amide bonds. The minimum Gasteiger partial charge on any atom is -0.0998 e. The summed E-state index contributed by atoms with van der Waals surface area (Å²) in [5, 5.41) is 0. The van der Waals surface area contributed by atoms with Crippen LogP contribution in [0.1, 0.15) is 88.0 Å². The third-order valence-corrected chi connectivity index (χ3v) is 6.62. The van der Waals surface area contributed by atoms with Crippen LogP contribution in [-0.2, 0) is 0 Å². The van der Waals surface area contributed by atoms with Gasteiger partial charge in [-0.15, -0.1) is 0 Å². The van der Waals surface area contributed by atoms with Gasteiger partial charge in [0.2, 0.25) is 0 Å². The van der Waals surface area contributed by atoms with Crippen LogP contribution < -0.4 is 0 Å². The van der Waals surface area contributed by atoms with Gasteiger partial charge in [0.1, 0.15) is 0 Å². The number of hydrogen-bond acceptors (Lipinski definition) is 0. The molecule has 0 N–H and O–H groups in total. The molecule has 0 saturated heterocycles. The molecule has 0 spiro atoms. The van der Waals surface area contributed by atoms with E-state index in [1.165, 1.54) is 42.4 Å². The van der Waals surface area contributed by atoms with E-state index < -0.39 is 0 Å². The molecule has 0 nitrogen and oxygen atoms in total. The molecule has 0 heterocycles. The third-order valence-electron chi connectivity index (χ3n) is 6.62. The maximum Gasteiger partial charge on any atom is 0.00888 e. The zero-order valence-electron chi connectivity index (χ0n) is 16.8. The topological polar surface area (TPSA) is 0 Å². The summed E-state index contributed by atoms with van der Waals surface area (Å²) in [6, 6.07) is 4.68. The highest BCUT2D eigenvalue weighted by Gasteiger charge is 2.32. The summed E-state index contributed by atoms with van der Waals surface area (Å²) in [6.07, 6.45) is 11.1. The van der Waals surface area contributed by atoms with Crippen molar-refractivity contribution in [3.63, 3.8) is 0 Å². The molecule has 0 heteroatoms. The molecule has 2 unspecified atom stereocenters. The molecule has 2 aliphatic rings. The summed E-state index contributed by atoms with van der Waals surface area (Å²) >= 11 is 0. The zero-order valence-corrected chi connectivity index (χ0v) is 16.8. The van der Waals surface area contributed by atoms with Gasteiger partial charge >= 0.3 is 0 Å². The number of fused-ring (bicyclic) bond motifs is 1. The Morgan fingerprint density at radius 3 is 2.48 bits per heavy atom. The molecular formula is C25H34. The predicted octanol–water partition coefficient (Wildman–Crippen LogP) is 7.69. The molecular weight excluding hydrogens is 300 g/mol. The normalized spacial score (nSPS) is 22.6. The van der Waals surface area contributed by atoms with Gasteiger partial charge < -0.3 is 0 Å². The summed E-state index contributed by atoms with van der Waals surface area (Å²) < 4.78 is 0. The van der Waals surface area contributed by atoms with Crippen molar-refractivity contribution in [3.05, 3.63) is 58.2 Å². The Balaban J connectivity index is 2.06. The Morgan fingerprint density at radius 2 is 1.92 bits per heavy atom. The molecule has 0 saturated carbocycles. The Hall–Kier alpha value is -1.56. The number of rotatable bonds is 5. The molecule has 0 fully saturated rings. The van der Waals surface area contributed by atoms with E-state index in [0.29, 0.717) is 11.8 Å². The van der Waals surface area contributed by atoms with Crippen LogP contribution in [0.15, 0.2) is 35.9 Å². The largest absolute Gasteiger partial charge is 0.0998 e. The lowest BCUT2D eigenvalue weighted by Crippen LogP contribution is -2.15. The van der Waals surface area contributed by atoms with Gasteiger partial charge in [0.25, 0.3) is 0 Å². The summed E-state index contributed by atoms with van der Waals surface area (Å²) in [6.45, 7) is 15.7. The number of allylic oxidation sites excluding steroid dienone is 4. The van der Waals surface area contributed by atoms with Crippen LogP contribution >= 0.6 is 0 Å². The maximum absolute atomic E-state index is 4.18. The number of aryl methyl sites for hydroxylation is 1. The highest BCUT2D eigenvalue weighted by atomic mass is 14.4. The van der Waals surface area contributed by atoms with E-state index >= 15 is 0 Å². The highest BCUT2D eigenvalue weighted by molar-refractivity contribution is 5.80. The van der Waals surface area contributed by atoms with E-state index in [9.17, 15) is 0 Å². The van der Waals surface area contributed by atoms with Crippen molar-refractivity contribution in [2.75, 3.05) is 0 Å². The van der Waals surface area contributed by atoms with Crippen molar-refractivity contribution in [1.29, 1.82) is 0 Å². The van der Waals surface area contributed by atoms with Crippen LogP contribution in [-0.4, -0.2) is 0 Å². The van der Waals surface area contributed by atoms with Crippen LogP contribution in [0.3, 0.4) is 0 Å². The summed E-state index contributed by atoms with van der Waals surface area (Å²) in [5.74, 6) is 2.04. The molecule has 0 bridgehead atoms. The van der Waals surface area contributed by atoms with Crippen molar-refractivity contribution in [1.82, 2.24) is 0 Å².